The van der Waals surface area contributed by atoms with E-state index < -0.39 is 30.8 Å². The summed E-state index contributed by atoms with van der Waals surface area (Å²) in [4.78, 5) is 16.0. The SMILES string of the molecule is COc1ccccc1Oc1c(NS(=O)(=O)c2ccc(C(C)(C)C)cc2)nc(S(C)(=O)=O)nc1OCCOc1ncc(Br)cn1. The van der Waals surface area contributed by atoms with Gasteiger partial charge in [-0.3, -0.25) is 4.72 Å². The van der Waals surface area contributed by atoms with Crippen LogP contribution in [0.5, 0.6) is 29.1 Å². The van der Waals surface area contributed by atoms with Crippen LogP contribution < -0.4 is 23.7 Å². The Bertz CT molecular complexity index is 1830. The number of hydrogen-bond donors (Lipinski definition) is 1. The van der Waals surface area contributed by atoms with Crippen molar-refractivity contribution in [1.29, 1.82) is 0 Å². The highest BCUT2D eigenvalue weighted by molar-refractivity contribution is 9.10. The van der Waals surface area contributed by atoms with E-state index in [2.05, 4.69) is 40.6 Å². The molecule has 0 aliphatic rings. The average molecular weight is 709 g/mol. The van der Waals surface area contributed by atoms with Gasteiger partial charge in [0.15, 0.2) is 17.3 Å². The van der Waals surface area contributed by atoms with Crippen LogP contribution in [0.3, 0.4) is 0 Å². The minimum atomic E-state index is -4.30. The smallest absolute Gasteiger partial charge is 0.316 e. The fourth-order valence-corrected chi connectivity index (χ4v) is 5.33. The summed E-state index contributed by atoms with van der Waals surface area (Å²) in [7, 11) is -6.91. The van der Waals surface area contributed by atoms with Crippen molar-refractivity contribution in [1.82, 2.24) is 19.9 Å². The number of nitrogens with zero attached hydrogens (tertiary/aromatic N) is 4. The number of benzene rings is 2. The molecule has 2 aromatic heterocycles. The van der Waals surface area contributed by atoms with Crippen molar-refractivity contribution >= 4 is 41.6 Å². The van der Waals surface area contributed by atoms with Crippen molar-refractivity contribution in [3.8, 4) is 29.1 Å². The number of rotatable bonds is 12. The Hall–Kier alpha value is -4.02. The van der Waals surface area contributed by atoms with Crippen LogP contribution in [0.2, 0.25) is 0 Å². The van der Waals surface area contributed by atoms with E-state index in [1.807, 2.05) is 20.8 Å². The molecule has 0 unspecified atom stereocenters. The highest BCUT2D eigenvalue weighted by Crippen LogP contribution is 2.41. The predicted octanol–water partition coefficient (Wildman–Crippen LogP) is 4.79. The van der Waals surface area contributed by atoms with Crippen LogP contribution in [0.4, 0.5) is 5.82 Å². The molecule has 0 fully saturated rings. The van der Waals surface area contributed by atoms with Gasteiger partial charge in [-0.25, -0.2) is 26.8 Å². The van der Waals surface area contributed by atoms with E-state index in [4.69, 9.17) is 18.9 Å². The van der Waals surface area contributed by atoms with Crippen LogP contribution in [0, 0.1) is 0 Å². The van der Waals surface area contributed by atoms with Gasteiger partial charge in [0.1, 0.15) is 13.2 Å². The summed E-state index contributed by atoms with van der Waals surface area (Å²) in [6.07, 6.45) is 3.88. The van der Waals surface area contributed by atoms with Gasteiger partial charge in [0.05, 0.1) is 16.5 Å². The molecule has 2 heterocycles. The summed E-state index contributed by atoms with van der Waals surface area (Å²) < 4.78 is 77.8. The number of aromatic nitrogens is 4. The zero-order valence-corrected chi connectivity index (χ0v) is 27.7. The zero-order chi connectivity index (χ0) is 32.1. The Morgan fingerprint density at radius 2 is 1.48 bits per heavy atom. The lowest BCUT2D eigenvalue weighted by Gasteiger charge is -2.20. The molecule has 1 N–H and O–H groups in total. The van der Waals surface area contributed by atoms with E-state index in [1.165, 1.54) is 31.6 Å². The van der Waals surface area contributed by atoms with E-state index in [1.54, 1.807) is 36.4 Å². The first kappa shape index (κ1) is 32.9. The standard InChI is InChI=1S/C28H30BrN5O8S2/c1-28(2,3)18-10-12-20(13-11-18)44(37,38)34-24-23(42-22-9-7-6-8-21(22)39-4)25(33-27(32-24)43(5,35)36)40-14-15-41-26-30-16-19(29)17-31-26/h6-13,16-17H,14-15H2,1-5H3,(H,32,33,34). The zero-order valence-electron chi connectivity index (χ0n) is 24.4. The van der Waals surface area contributed by atoms with Crippen molar-refractivity contribution in [3.05, 3.63) is 71.0 Å². The molecule has 0 atom stereocenters. The lowest BCUT2D eigenvalue weighted by atomic mass is 9.87. The third-order valence-electron chi connectivity index (χ3n) is 5.84. The average Bonchev–Trinajstić information content (AvgIpc) is 2.96. The molecule has 44 heavy (non-hydrogen) atoms. The molecule has 234 valence electrons. The number of ether oxygens (including phenoxy) is 4. The molecule has 0 radical (unpaired) electrons. The molecule has 2 aromatic carbocycles. The molecule has 0 saturated carbocycles. The van der Waals surface area contributed by atoms with Crippen LogP contribution in [0.1, 0.15) is 26.3 Å². The Balaban J connectivity index is 1.75. The number of para-hydroxylation sites is 2. The van der Waals surface area contributed by atoms with E-state index in [0.29, 0.717) is 10.2 Å². The molecule has 0 spiro atoms. The van der Waals surface area contributed by atoms with Crippen molar-refractivity contribution < 1.29 is 35.8 Å². The van der Waals surface area contributed by atoms with Gasteiger partial charge >= 0.3 is 6.01 Å². The Morgan fingerprint density at radius 3 is 2.07 bits per heavy atom. The fraction of sp³-hybridized carbons (Fsp3) is 0.286. The van der Waals surface area contributed by atoms with Crippen molar-refractivity contribution in [2.75, 3.05) is 31.3 Å². The topological polar surface area (TPSA) is 169 Å². The molecule has 0 bridgehead atoms. The highest BCUT2D eigenvalue weighted by atomic mass is 79.9. The molecule has 0 aliphatic carbocycles. The molecule has 13 nitrogen and oxygen atoms in total. The van der Waals surface area contributed by atoms with Crippen LogP contribution in [0.25, 0.3) is 0 Å². The van der Waals surface area contributed by atoms with Gasteiger partial charge in [-0.05, 0) is 51.2 Å². The largest absolute Gasteiger partial charge is 0.493 e. The predicted molar refractivity (Wildman–Crippen MR) is 165 cm³/mol. The van der Waals surface area contributed by atoms with Gasteiger partial charge < -0.3 is 18.9 Å². The van der Waals surface area contributed by atoms with Crippen molar-refractivity contribution in [3.63, 3.8) is 0 Å². The van der Waals surface area contributed by atoms with E-state index >= 15 is 0 Å². The first-order valence-electron chi connectivity index (χ1n) is 13.0. The third kappa shape index (κ3) is 8.33. The maximum atomic E-state index is 13.5. The van der Waals surface area contributed by atoms with E-state index in [9.17, 15) is 16.8 Å². The van der Waals surface area contributed by atoms with E-state index in [0.717, 1.165) is 11.8 Å². The van der Waals surface area contributed by atoms with E-state index in [-0.39, 0.29) is 46.9 Å². The first-order chi connectivity index (χ1) is 20.7. The maximum Gasteiger partial charge on any atom is 0.316 e. The second-order valence-electron chi connectivity index (χ2n) is 10.3. The van der Waals surface area contributed by atoms with Gasteiger partial charge in [0.2, 0.25) is 15.6 Å². The minimum Gasteiger partial charge on any atom is -0.493 e. The first-order valence-corrected chi connectivity index (χ1v) is 17.1. The maximum absolute atomic E-state index is 13.5. The molecular formula is C28H30BrN5O8S2. The van der Waals surface area contributed by atoms with Crippen LogP contribution in [-0.2, 0) is 25.3 Å². The highest BCUT2D eigenvalue weighted by Gasteiger charge is 2.28. The summed E-state index contributed by atoms with van der Waals surface area (Å²) in [6, 6.07) is 12.9. The molecule has 0 aliphatic heterocycles. The van der Waals surface area contributed by atoms with Crippen LogP contribution in [-0.4, -0.2) is 63.4 Å². The summed E-state index contributed by atoms with van der Waals surface area (Å²) in [6.45, 7) is 5.75. The fourth-order valence-electron chi connectivity index (χ4n) is 3.61. The van der Waals surface area contributed by atoms with Gasteiger partial charge in [-0.2, -0.15) is 9.97 Å². The van der Waals surface area contributed by atoms with Crippen LogP contribution in [0.15, 0.2) is 75.4 Å². The molecular weight excluding hydrogens is 678 g/mol. The lowest BCUT2D eigenvalue weighted by Crippen LogP contribution is -2.19. The summed E-state index contributed by atoms with van der Waals surface area (Å²) in [5, 5.41) is -0.696. The second kappa shape index (κ2) is 13.3. The summed E-state index contributed by atoms with van der Waals surface area (Å²) in [5.41, 5.74) is 0.714. The summed E-state index contributed by atoms with van der Waals surface area (Å²) >= 11 is 3.24. The molecule has 4 aromatic rings. The molecule has 4 rings (SSSR count). The van der Waals surface area contributed by atoms with Crippen LogP contribution >= 0.6 is 15.9 Å². The number of methoxy groups -OCH3 is 1. The van der Waals surface area contributed by atoms with Crippen molar-refractivity contribution in [2.24, 2.45) is 0 Å². The lowest BCUT2D eigenvalue weighted by molar-refractivity contribution is 0.196. The Labute approximate surface area is 264 Å². The normalized spacial score (nSPS) is 12.0. The Kier molecular flexibility index (Phi) is 9.95. The third-order valence-corrected chi connectivity index (χ3v) is 8.45. The van der Waals surface area contributed by atoms with Gasteiger partial charge in [-0.15, -0.1) is 0 Å². The number of sulfonamides is 1. The van der Waals surface area contributed by atoms with Gasteiger partial charge in [0, 0.05) is 18.6 Å². The number of sulfone groups is 1. The van der Waals surface area contributed by atoms with Gasteiger partial charge in [-0.1, -0.05) is 45.0 Å². The molecule has 16 heteroatoms. The summed E-state index contributed by atoms with van der Waals surface area (Å²) in [5.74, 6) is -0.694. The monoisotopic (exact) mass is 707 g/mol. The molecule has 0 amide bonds. The molecule has 0 saturated heterocycles. The second-order valence-corrected chi connectivity index (χ2v) is 14.8. The minimum absolute atomic E-state index is 0.0743. The Morgan fingerprint density at radius 1 is 0.864 bits per heavy atom. The number of anilines is 1. The van der Waals surface area contributed by atoms with Crippen molar-refractivity contribution in [2.45, 2.75) is 36.2 Å². The number of halogens is 1. The van der Waals surface area contributed by atoms with Gasteiger partial charge in [0.25, 0.3) is 21.1 Å². The number of nitrogens with one attached hydrogen (secondary N) is 1. The number of hydrogen-bond acceptors (Lipinski definition) is 12. The quantitative estimate of drug-likeness (QED) is 0.158.